The van der Waals surface area contributed by atoms with E-state index in [1.807, 2.05) is 25.6 Å². The molecule has 0 aliphatic rings. The monoisotopic (exact) mass is 279 g/mol. The molecule has 0 amide bonds. The van der Waals surface area contributed by atoms with Crippen molar-refractivity contribution in [3.05, 3.63) is 52.3 Å². The van der Waals surface area contributed by atoms with Crippen molar-refractivity contribution < 1.29 is 8.78 Å². The van der Waals surface area contributed by atoms with Gasteiger partial charge < -0.3 is 5.73 Å². The van der Waals surface area contributed by atoms with Crippen LogP contribution in [0.3, 0.4) is 0 Å². The number of nitrogens with zero attached hydrogens (tertiary/aromatic N) is 2. The lowest BCUT2D eigenvalue weighted by Crippen LogP contribution is -2.26. The van der Waals surface area contributed by atoms with Crippen molar-refractivity contribution in [2.75, 3.05) is 0 Å². The van der Waals surface area contributed by atoms with Gasteiger partial charge in [0, 0.05) is 24.8 Å². The predicted octanol–water partition coefficient (Wildman–Crippen LogP) is 2.43. The topological polar surface area (TPSA) is 43.8 Å². The third-order valence-electron chi connectivity index (χ3n) is 3.62. The highest BCUT2D eigenvalue weighted by atomic mass is 19.1. The molecule has 0 saturated carbocycles. The molecule has 3 nitrogen and oxygen atoms in total. The van der Waals surface area contributed by atoms with Gasteiger partial charge in [0.25, 0.3) is 0 Å². The molecular formula is C15H19F2N3. The number of hydrogen-bond donors (Lipinski definition) is 1. The van der Waals surface area contributed by atoms with Gasteiger partial charge in [-0.05, 0) is 43.9 Å². The third-order valence-corrected chi connectivity index (χ3v) is 3.62. The highest BCUT2D eigenvalue weighted by Gasteiger charge is 2.15. The van der Waals surface area contributed by atoms with Crippen LogP contribution < -0.4 is 5.73 Å². The summed E-state index contributed by atoms with van der Waals surface area (Å²) < 4.78 is 28.3. The summed E-state index contributed by atoms with van der Waals surface area (Å²) in [6.45, 7) is 3.92. The van der Waals surface area contributed by atoms with E-state index in [-0.39, 0.29) is 6.04 Å². The number of hydrogen-bond acceptors (Lipinski definition) is 2. The Hall–Kier alpha value is -1.75. The lowest BCUT2D eigenvalue weighted by Gasteiger charge is -2.13. The van der Waals surface area contributed by atoms with Crippen LogP contribution in [0.4, 0.5) is 8.78 Å². The second-order valence-corrected chi connectivity index (χ2v) is 5.18. The molecule has 1 aromatic carbocycles. The summed E-state index contributed by atoms with van der Waals surface area (Å²) in [6, 6.07) is 3.37. The van der Waals surface area contributed by atoms with Gasteiger partial charge in [0.05, 0.1) is 5.69 Å². The fourth-order valence-electron chi connectivity index (χ4n) is 2.42. The maximum absolute atomic E-state index is 13.6. The van der Waals surface area contributed by atoms with Crippen LogP contribution in [0.2, 0.25) is 0 Å². The summed E-state index contributed by atoms with van der Waals surface area (Å²) in [5.41, 5.74) is 9.65. The second kappa shape index (κ2) is 5.71. The largest absolute Gasteiger partial charge is 0.327 e. The second-order valence-electron chi connectivity index (χ2n) is 5.18. The molecule has 2 aromatic rings. The minimum atomic E-state index is -0.571. The molecule has 0 fully saturated rings. The molecule has 0 radical (unpaired) electrons. The lowest BCUT2D eigenvalue weighted by atomic mass is 9.98. The molecule has 1 aromatic heterocycles. The van der Waals surface area contributed by atoms with E-state index in [0.29, 0.717) is 18.4 Å². The first-order chi connectivity index (χ1) is 9.38. The van der Waals surface area contributed by atoms with Crippen LogP contribution in [-0.2, 0) is 19.9 Å². The van der Waals surface area contributed by atoms with Crippen molar-refractivity contribution >= 4 is 0 Å². The van der Waals surface area contributed by atoms with E-state index in [0.717, 1.165) is 23.0 Å². The molecule has 0 saturated heterocycles. The van der Waals surface area contributed by atoms with Gasteiger partial charge in [-0.3, -0.25) is 4.68 Å². The molecule has 0 aliphatic heterocycles. The molecule has 1 unspecified atom stereocenters. The zero-order valence-corrected chi connectivity index (χ0v) is 12.0. The Morgan fingerprint density at radius 2 is 1.95 bits per heavy atom. The summed E-state index contributed by atoms with van der Waals surface area (Å²) in [4.78, 5) is 0. The number of aromatic nitrogens is 2. The fourth-order valence-corrected chi connectivity index (χ4v) is 2.42. The van der Waals surface area contributed by atoms with Crippen molar-refractivity contribution in [3.63, 3.8) is 0 Å². The van der Waals surface area contributed by atoms with Gasteiger partial charge in [-0.2, -0.15) is 5.10 Å². The SMILES string of the molecule is Cc1nn(C)c(C)c1CC(N)Cc1ccc(F)cc1F. The van der Waals surface area contributed by atoms with Crippen molar-refractivity contribution in [1.29, 1.82) is 0 Å². The Bertz CT molecular complexity index is 620. The minimum Gasteiger partial charge on any atom is -0.327 e. The number of rotatable bonds is 4. The summed E-state index contributed by atoms with van der Waals surface area (Å²) in [7, 11) is 1.89. The maximum Gasteiger partial charge on any atom is 0.129 e. The van der Waals surface area contributed by atoms with E-state index in [1.165, 1.54) is 12.1 Å². The van der Waals surface area contributed by atoms with E-state index in [4.69, 9.17) is 5.73 Å². The quantitative estimate of drug-likeness (QED) is 0.934. The van der Waals surface area contributed by atoms with Crippen LogP contribution in [0.25, 0.3) is 0 Å². The number of halogens is 2. The molecule has 20 heavy (non-hydrogen) atoms. The molecule has 0 spiro atoms. The zero-order chi connectivity index (χ0) is 14.9. The normalized spacial score (nSPS) is 12.7. The Morgan fingerprint density at radius 1 is 1.25 bits per heavy atom. The Balaban J connectivity index is 2.11. The summed E-state index contributed by atoms with van der Waals surface area (Å²) in [5.74, 6) is -1.11. The van der Waals surface area contributed by atoms with E-state index in [1.54, 1.807) is 0 Å². The van der Waals surface area contributed by atoms with Crippen LogP contribution in [-0.4, -0.2) is 15.8 Å². The van der Waals surface area contributed by atoms with Gasteiger partial charge in [-0.25, -0.2) is 8.78 Å². The molecule has 108 valence electrons. The van der Waals surface area contributed by atoms with E-state index >= 15 is 0 Å². The standard InChI is InChI=1S/C15H19F2N3/c1-9-14(10(2)20(3)19-9)8-13(18)6-11-4-5-12(16)7-15(11)17/h4-5,7,13H,6,8,18H2,1-3H3. The summed E-state index contributed by atoms with van der Waals surface area (Å²) in [5, 5.41) is 4.34. The zero-order valence-electron chi connectivity index (χ0n) is 12.0. The van der Waals surface area contributed by atoms with Crippen LogP contribution in [0, 0.1) is 25.5 Å². The first kappa shape index (κ1) is 14.7. The van der Waals surface area contributed by atoms with Crippen molar-refractivity contribution in [1.82, 2.24) is 9.78 Å². The Kier molecular flexibility index (Phi) is 4.18. The van der Waals surface area contributed by atoms with Crippen LogP contribution in [0.1, 0.15) is 22.5 Å². The van der Waals surface area contributed by atoms with Crippen LogP contribution >= 0.6 is 0 Å². The molecule has 2 rings (SSSR count). The van der Waals surface area contributed by atoms with E-state index in [2.05, 4.69) is 5.10 Å². The molecule has 0 aliphatic carbocycles. The molecule has 5 heteroatoms. The van der Waals surface area contributed by atoms with Gasteiger partial charge >= 0.3 is 0 Å². The molecule has 0 bridgehead atoms. The molecule has 1 heterocycles. The minimum absolute atomic E-state index is 0.225. The van der Waals surface area contributed by atoms with Gasteiger partial charge in [0.15, 0.2) is 0 Å². The Labute approximate surface area is 117 Å². The maximum atomic E-state index is 13.6. The molecule has 1 atom stereocenters. The molecule has 2 N–H and O–H groups in total. The third kappa shape index (κ3) is 3.04. The van der Waals surface area contributed by atoms with Crippen LogP contribution in [0.5, 0.6) is 0 Å². The highest BCUT2D eigenvalue weighted by Crippen LogP contribution is 2.17. The van der Waals surface area contributed by atoms with Gasteiger partial charge in [0.2, 0.25) is 0 Å². The Morgan fingerprint density at radius 3 is 2.50 bits per heavy atom. The molecular weight excluding hydrogens is 260 g/mol. The van der Waals surface area contributed by atoms with Crippen molar-refractivity contribution in [2.45, 2.75) is 32.7 Å². The van der Waals surface area contributed by atoms with E-state index < -0.39 is 11.6 Å². The summed E-state index contributed by atoms with van der Waals surface area (Å²) in [6.07, 6.45) is 1.00. The first-order valence-corrected chi connectivity index (χ1v) is 6.57. The van der Waals surface area contributed by atoms with Crippen molar-refractivity contribution in [3.8, 4) is 0 Å². The first-order valence-electron chi connectivity index (χ1n) is 6.57. The van der Waals surface area contributed by atoms with E-state index in [9.17, 15) is 8.78 Å². The number of nitrogens with two attached hydrogens (primary N) is 1. The van der Waals surface area contributed by atoms with Gasteiger partial charge in [0.1, 0.15) is 11.6 Å². The average Bonchev–Trinajstić information content (AvgIpc) is 2.60. The van der Waals surface area contributed by atoms with Gasteiger partial charge in [-0.15, -0.1) is 0 Å². The lowest BCUT2D eigenvalue weighted by molar-refractivity contribution is 0.558. The van der Waals surface area contributed by atoms with Gasteiger partial charge in [-0.1, -0.05) is 6.07 Å². The highest BCUT2D eigenvalue weighted by molar-refractivity contribution is 5.26. The smallest absolute Gasteiger partial charge is 0.129 e. The summed E-state index contributed by atoms with van der Waals surface area (Å²) >= 11 is 0. The number of aryl methyl sites for hydroxylation is 2. The predicted molar refractivity (Wildman–Crippen MR) is 74.4 cm³/mol. The number of benzene rings is 1. The average molecular weight is 279 g/mol. The van der Waals surface area contributed by atoms with Crippen LogP contribution in [0.15, 0.2) is 18.2 Å². The fraction of sp³-hybridized carbons (Fsp3) is 0.400. The van der Waals surface area contributed by atoms with Crippen molar-refractivity contribution in [2.24, 2.45) is 12.8 Å².